The SMILES string of the molecule is CCC(C)(CNC1CC1)Cc1cccc(F)c1. The number of halogens is 1. The molecule has 2 rings (SSSR count). The van der Waals surface area contributed by atoms with E-state index in [9.17, 15) is 4.39 Å². The van der Waals surface area contributed by atoms with Gasteiger partial charge in [0.15, 0.2) is 0 Å². The summed E-state index contributed by atoms with van der Waals surface area (Å²) in [7, 11) is 0. The number of nitrogens with one attached hydrogen (secondary N) is 1. The molecule has 0 aromatic heterocycles. The predicted molar refractivity (Wildman–Crippen MR) is 69.5 cm³/mol. The zero-order chi connectivity index (χ0) is 12.3. The fourth-order valence-corrected chi connectivity index (χ4v) is 2.13. The van der Waals surface area contributed by atoms with Crippen LogP contribution >= 0.6 is 0 Å². The minimum absolute atomic E-state index is 0.129. The van der Waals surface area contributed by atoms with Gasteiger partial charge in [0.05, 0.1) is 0 Å². The van der Waals surface area contributed by atoms with E-state index in [1.165, 1.54) is 18.9 Å². The molecule has 1 nitrogen and oxygen atoms in total. The summed E-state index contributed by atoms with van der Waals surface area (Å²) in [6.45, 7) is 5.53. The number of hydrogen-bond acceptors (Lipinski definition) is 1. The molecule has 1 N–H and O–H groups in total. The van der Waals surface area contributed by atoms with E-state index in [0.717, 1.165) is 31.0 Å². The molecule has 17 heavy (non-hydrogen) atoms. The van der Waals surface area contributed by atoms with E-state index in [4.69, 9.17) is 0 Å². The van der Waals surface area contributed by atoms with Crippen LogP contribution in [0, 0.1) is 11.2 Å². The fraction of sp³-hybridized carbons (Fsp3) is 0.600. The van der Waals surface area contributed by atoms with Crippen molar-refractivity contribution in [2.75, 3.05) is 6.54 Å². The summed E-state index contributed by atoms with van der Waals surface area (Å²) in [5, 5.41) is 3.59. The van der Waals surface area contributed by atoms with Gasteiger partial charge < -0.3 is 5.32 Å². The molecule has 1 aromatic carbocycles. The van der Waals surface area contributed by atoms with Crippen LogP contribution in [0.3, 0.4) is 0 Å². The number of benzene rings is 1. The third-order valence-electron chi connectivity index (χ3n) is 3.77. The molecule has 1 aliphatic rings. The highest BCUT2D eigenvalue weighted by Gasteiger charge is 2.27. The summed E-state index contributed by atoms with van der Waals surface area (Å²) in [6, 6.07) is 7.73. The fourth-order valence-electron chi connectivity index (χ4n) is 2.13. The number of hydrogen-bond donors (Lipinski definition) is 1. The lowest BCUT2D eigenvalue weighted by molar-refractivity contribution is 0.289. The van der Waals surface area contributed by atoms with Crippen molar-refractivity contribution < 1.29 is 4.39 Å². The summed E-state index contributed by atoms with van der Waals surface area (Å²) in [6.07, 6.45) is 4.70. The van der Waals surface area contributed by atoms with Crippen molar-refractivity contribution in [1.29, 1.82) is 0 Å². The Hall–Kier alpha value is -0.890. The molecule has 94 valence electrons. The molecule has 1 atom stereocenters. The Morgan fingerprint density at radius 3 is 2.76 bits per heavy atom. The van der Waals surface area contributed by atoms with E-state index in [-0.39, 0.29) is 11.2 Å². The lowest BCUT2D eigenvalue weighted by Gasteiger charge is -2.29. The smallest absolute Gasteiger partial charge is 0.123 e. The van der Waals surface area contributed by atoms with Crippen LogP contribution in [-0.4, -0.2) is 12.6 Å². The van der Waals surface area contributed by atoms with Crippen molar-refractivity contribution in [2.24, 2.45) is 5.41 Å². The molecule has 0 aliphatic heterocycles. The zero-order valence-electron chi connectivity index (χ0n) is 10.8. The van der Waals surface area contributed by atoms with Gasteiger partial charge in [0.1, 0.15) is 5.82 Å². The Morgan fingerprint density at radius 2 is 2.18 bits per heavy atom. The van der Waals surface area contributed by atoms with Gasteiger partial charge in [0.2, 0.25) is 0 Å². The maximum atomic E-state index is 13.2. The van der Waals surface area contributed by atoms with E-state index >= 15 is 0 Å². The normalized spacial score (nSPS) is 19.0. The van der Waals surface area contributed by atoms with Crippen molar-refractivity contribution in [3.63, 3.8) is 0 Å². The molecular formula is C15H22FN. The van der Waals surface area contributed by atoms with E-state index in [0.29, 0.717) is 0 Å². The van der Waals surface area contributed by atoms with Gasteiger partial charge in [-0.2, -0.15) is 0 Å². The van der Waals surface area contributed by atoms with Gasteiger partial charge in [0, 0.05) is 12.6 Å². The molecule has 0 heterocycles. The van der Waals surface area contributed by atoms with Crippen molar-refractivity contribution >= 4 is 0 Å². The Labute approximate surface area is 103 Å². The monoisotopic (exact) mass is 235 g/mol. The Bertz CT molecular complexity index is 373. The van der Waals surface area contributed by atoms with Crippen LogP contribution in [0.1, 0.15) is 38.7 Å². The molecule has 1 saturated carbocycles. The van der Waals surface area contributed by atoms with Gasteiger partial charge in [0.25, 0.3) is 0 Å². The second-order valence-corrected chi connectivity index (χ2v) is 5.63. The second kappa shape index (κ2) is 5.18. The van der Waals surface area contributed by atoms with E-state index in [1.54, 1.807) is 12.1 Å². The molecule has 0 bridgehead atoms. The molecule has 2 heteroatoms. The third-order valence-corrected chi connectivity index (χ3v) is 3.77. The van der Waals surface area contributed by atoms with E-state index < -0.39 is 0 Å². The molecule has 1 aliphatic carbocycles. The van der Waals surface area contributed by atoms with Crippen molar-refractivity contribution in [3.05, 3.63) is 35.6 Å². The Kier molecular flexibility index (Phi) is 3.82. The third kappa shape index (κ3) is 3.81. The summed E-state index contributed by atoms with van der Waals surface area (Å²) in [5.41, 5.74) is 1.34. The van der Waals surface area contributed by atoms with Gasteiger partial charge in [-0.3, -0.25) is 0 Å². The van der Waals surface area contributed by atoms with E-state index in [2.05, 4.69) is 19.2 Å². The summed E-state index contributed by atoms with van der Waals surface area (Å²) >= 11 is 0. The van der Waals surface area contributed by atoms with Crippen molar-refractivity contribution in [2.45, 2.75) is 45.6 Å². The molecule has 0 radical (unpaired) electrons. The molecule has 0 saturated heterocycles. The maximum Gasteiger partial charge on any atom is 0.123 e. The molecular weight excluding hydrogens is 213 g/mol. The first-order valence-electron chi connectivity index (χ1n) is 6.59. The quantitative estimate of drug-likeness (QED) is 0.795. The average molecular weight is 235 g/mol. The highest BCUT2D eigenvalue weighted by atomic mass is 19.1. The molecule has 1 fully saturated rings. The maximum absolute atomic E-state index is 13.2. The molecule has 1 unspecified atom stereocenters. The Morgan fingerprint density at radius 1 is 1.41 bits per heavy atom. The van der Waals surface area contributed by atoms with Crippen molar-refractivity contribution in [1.82, 2.24) is 5.32 Å². The van der Waals surface area contributed by atoms with Crippen LogP contribution in [0.2, 0.25) is 0 Å². The van der Waals surface area contributed by atoms with Crippen LogP contribution in [0.25, 0.3) is 0 Å². The standard InChI is InChI=1S/C15H22FN/c1-3-15(2,11-17-14-7-8-14)10-12-5-4-6-13(16)9-12/h4-6,9,14,17H,3,7-8,10-11H2,1-2H3. The first-order chi connectivity index (χ1) is 8.11. The van der Waals surface area contributed by atoms with Crippen LogP contribution in [0.4, 0.5) is 4.39 Å². The van der Waals surface area contributed by atoms with Gasteiger partial charge in [-0.05, 0) is 48.8 Å². The minimum atomic E-state index is -0.129. The van der Waals surface area contributed by atoms with Gasteiger partial charge in [-0.25, -0.2) is 4.39 Å². The largest absolute Gasteiger partial charge is 0.313 e. The first-order valence-corrected chi connectivity index (χ1v) is 6.59. The van der Waals surface area contributed by atoms with Crippen LogP contribution in [0.15, 0.2) is 24.3 Å². The van der Waals surface area contributed by atoms with Crippen LogP contribution in [-0.2, 0) is 6.42 Å². The first kappa shape index (κ1) is 12.6. The highest BCUT2D eigenvalue weighted by molar-refractivity contribution is 5.18. The average Bonchev–Trinajstić information content (AvgIpc) is 3.10. The zero-order valence-corrected chi connectivity index (χ0v) is 10.8. The van der Waals surface area contributed by atoms with Crippen LogP contribution < -0.4 is 5.32 Å². The molecule has 0 amide bonds. The van der Waals surface area contributed by atoms with Gasteiger partial charge in [-0.15, -0.1) is 0 Å². The highest BCUT2D eigenvalue weighted by Crippen LogP contribution is 2.28. The summed E-state index contributed by atoms with van der Waals surface area (Å²) in [5.74, 6) is -0.129. The van der Waals surface area contributed by atoms with Crippen molar-refractivity contribution in [3.8, 4) is 0 Å². The summed E-state index contributed by atoms with van der Waals surface area (Å²) < 4.78 is 13.2. The Balaban J connectivity index is 1.96. The lowest BCUT2D eigenvalue weighted by atomic mass is 9.81. The summed E-state index contributed by atoms with van der Waals surface area (Å²) in [4.78, 5) is 0. The van der Waals surface area contributed by atoms with Gasteiger partial charge in [-0.1, -0.05) is 26.0 Å². The number of rotatable bonds is 6. The minimum Gasteiger partial charge on any atom is -0.313 e. The topological polar surface area (TPSA) is 12.0 Å². The predicted octanol–water partition coefficient (Wildman–Crippen LogP) is 3.54. The van der Waals surface area contributed by atoms with Gasteiger partial charge >= 0.3 is 0 Å². The van der Waals surface area contributed by atoms with Crippen LogP contribution in [0.5, 0.6) is 0 Å². The molecule has 0 spiro atoms. The molecule has 1 aromatic rings. The second-order valence-electron chi connectivity index (χ2n) is 5.63. The lowest BCUT2D eigenvalue weighted by Crippen LogP contribution is -2.34. The van der Waals surface area contributed by atoms with E-state index in [1.807, 2.05) is 6.07 Å².